The van der Waals surface area contributed by atoms with Crippen molar-refractivity contribution in [2.45, 2.75) is 39.0 Å². The van der Waals surface area contributed by atoms with E-state index in [1.807, 2.05) is 35.2 Å². The van der Waals surface area contributed by atoms with E-state index in [0.717, 1.165) is 31.0 Å². The summed E-state index contributed by atoms with van der Waals surface area (Å²) in [6.45, 7) is 2.99. The maximum absolute atomic E-state index is 12.6. The van der Waals surface area contributed by atoms with Crippen LogP contribution in [0.15, 0.2) is 34.9 Å². The predicted octanol–water partition coefficient (Wildman–Crippen LogP) is 3.85. The summed E-state index contributed by atoms with van der Waals surface area (Å²) in [7, 11) is 0. The van der Waals surface area contributed by atoms with Crippen LogP contribution in [0.3, 0.4) is 0 Å². The zero-order chi connectivity index (χ0) is 19.5. The molecule has 0 bridgehead atoms. The number of benzene rings is 1. The van der Waals surface area contributed by atoms with E-state index >= 15 is 0 Å². The summed E-state index contributed by atoms with van der Waals surface area (Å²) in [4.78, 5) is 27.1. The number of carbonyl (C=O) groups is 2. The number of hydrogen-bond acceptors (Lipinski definition) is 5. The molecule has 1 aromatic carbocycles. The highest BCUT2D eigenvalue weighted by Crippen LogP contribution is 2.36. The molecule has 1 saturated heterocycles. The van der Waals surface area contributed by atoms with Gasteiger partial charge in [0.05, 0.1) is 0 Å². The Morgan fingerprint density at radius 2 is 1.89 bits per heavy atom. The lowest BCUT2D eigenvalue weighted by Gasteiger charge is -2.41. The highest BCUT2D eigenvalue weighted by Gasteiger charge is 2.33. The van der Waals surface area contributed by atoms with Crippen LogP contribution in [0.1, 0.15) is 48.2 Å². The van der Waals surface area contributed by atoms with Gasteiger partial charge in [0, 0.05) is 18.7 Å². The Kier molecular flexibility index (Phi) is 5.46. The highest BCUT2D eigenvalue weighted by molar-refractivity contribution is 5.98. The van der Waals surface area contributed by atoms with Gasteiger partial charge in [-0.25, -0.2) is 4.79 Å². The highest BCUT2D eigenvalue weighted by atomic mass is 16.5. The van der Waals surface area contributed by atoms with Gasteiger partial charge in [0.2, 0.25) is 0 Å². The maximum Gasteiger partial charge on any atom is 0.344 e. The third-order valence-electron chi connectivity index (χ3n) is 6.08. The van der Waals surface area contributed by atoms with Gasteiger partial charge >= 0.3 is 5.97 Å². The van der Waals surface area contributed by atoms with Crippen LogP contribution in [0.2, 0.25) is 0 Å². The standard InChI is InChI=1S/C22H26N2O4/c1-15-20(21(23-28-15)17-8-3-2-4-9-17)22(26)27-14-19(25)24-12-11-16-7-5-6-10-18(16)13-24/h2-4,8-9,16,18H,5-7,10-14H2,1H3/t16-,18+/m1/s1. The molecule has 1 amide bonds. The molecule has 0 unspecified atom stereocenters. The van der Waals surface area contributed by atoms with Crippen LogP contribution in [-0.4, -0.2) is 41.6 Å². The molecule has 1 aromatic heterocycles. The van der Waals surface area contributed by atoms with Crippen molar-refractivity contribution >= 4 is 11.9 Å². The van der Waals surface area contributed by atoms with E-state index in [1.54, 1.807) is 6.92 Å². The van der Waals surface area contributed by atoms with Crippen LogP contribution >= 0.6 is 0 Å². The SMILES string of the molecule is Cc1onc(-c2ccccc2)c1C(=O)OCC(=O)N1CC[C@H]2CCCC[C@H]2C1. The smallest absolute Gasteiger partial charge is 0.344 e. The van der Waals surface area contributed by atoms with Crippen LogP contribution in [0.25, 0.3) is 11.3 Å². The Labute approximate surface area is 164 Å². The number of aryl methyl sites for hydroxylation is 1. The second kappa shape index (κ2) is 8.17. The lowest BCUT2D eigenvalue weighted by Crippen LogP contribution is -2.46. The topological polar surface area (TPSA) is 72.6 Å². The van der Waals surface area contributed by atoms with Crippen molar-refractivity contribution in [3.63, 3.8) is 0 Å². The molecule has 0 radical (unpaired) electrons. The Morgan fingerprint density at radius 1 is 1.14 bits per heavy atom. The van der Waals surface area contributed by atoms with Crippen LogP contribution in [0.4, 0.5) is 0 Å². The van der Waals surface area contributed by atoms with Gasteiger partial charge in [0.1, 0.15) is 17.0 Å². The average Bonchev–Trinajstić information content (AvgIpc) is 3.13. The third kappa shape index (κ3) is 3.81. The van der Waals surface area contributed by atoms with Gasteiger partial charge in [-0.05, 0) is 31.6 Å². The molecule has 1 aliphatic heterocycles. The summed E-state index contributed by atoms with van der Waals surface area (Å²) in [5.74, 6) is 1.06. The summed E-state index contributed by atoms with van der Waals surface area (Å²) < 4.78 is 10.6. The van der Waals surface area contributed by atoms with Gasteiger partial charge in [-0.15, -0.1) is 0 Å². The Bertz CT molecular complexity index is 845. The minimum absolute atomic E-state index is 0.118. The maximum atomic E-state index is 12.6. The van der Waals surface area contributed by atoms with E-state index in [1.165, 1.54) is 25.7 Å². The van der Waals surface area contributed by atoms with Crippen LogP contribution in [-0.2, 0) is 9.53 Å². The zero-order valence-corrected chi connectivity index (χ0v) is 16.2. The Hall–Kier alpha value is -2.63. The van der Waals surface area contributed by atoms with Crippen molar-refractivity contribution in [2.75, 3.05) is 19.7 Å². The normalized spacial score (nSPS) is 21.8. The number of likely N-dealkylation sites (tertiary alicyclic amines) is 1. The van der Waals surface area contributed by atoms with Crippen LogP contribution < -0.4 is 0 Å². The molecular formula is C22H26N2O4. The van der Waals surface area contributed by atoms with Gasteiger partial charge in [0.25, 0.3) is 5.91 Å². The molecule has 2 heterocycles. The fourth-order valence-electron chi connectivity index (χ4n) is 4.52. The second-order valence-electron chi connectivity index (χ2n) is 7.84. The average molecular weight is 382 g/mol. The van der Waals surface area contributed by atoms with E-state index in [0.29, 0.717) is 17.4 Å². The van der Waals surface area contributed by atoms with Gasteiger partial charge in [-0.3, -0.25) is 4.79 Å². The minimum Gasteiger partial charge on any atom is -0.452 e. The van der Waals surface area contributed by atoms with Gasteiger partial charge in [-0.2, -0.15) is 0 Å². The lowest BCUT2D eigenvalue weighted by atomic mass is 9.75. The summed E-state index contributed by atoms with van der Waals surface area (Å²) in [5, 5.41) is 4.00. The molecule has 6 nitrogen and oxygen atoms in total. The van der Waals surface area contributed by atoms with Crippen molar-refractivity contribution in [1.82, 2.24) is 10.1 Å². The first-order valence-electron chi connectivity index (χ1n) is 10.1. The van der Waals surface area contributed by atoms with Crippen LogP contribution in [0.5, 0.6) is 0 Å². The van der Waals surface area contributed by atoms with Crippen molar-refractivity contribution in [2.24, 2.45) is 11.8 Å². The zero-order valence-electron chi connectivity index (χ0n) is 16.2. The van der Waals surface area contributed by atoms with Crippen molar-refractivity contribution in [1.29, 1.82) is 0 Å². The van der Waals surface area contributed by atoms with Crippen molar-refractivity contribution in [3.8, 4) is 11.3 Å². The van der Waals surface area contributed by atoms with E-state index in [2.05, 4.69) is 5.16 Å². The number of aromatic nitrogens is 1. The first-order valence-corrected chi connectivity index (χ1v) is 10.1. The van der Waals surface area contributed by atoms with Crippen molar-refractivity contribution < 1.29 is 18.8 Å². The number of amides is 1. The van der Waals surface area contributed by atoms with E-state index < -0.39 is 5.97 Å². The first kappa shape index (κ1) is 18.7. The number of nitrogens with zero attached hydrogens (tertiary/aromatic N) is 2. The van der Waals surface area contributed by atoms with Crippen LogP contribution in [0, 0.1) is 18.8 Å². The molecule has 2 aromatic rings. The molecular weight excluding hydrogens is 356 g/mol. The largest absolute Gasteiger partial charge is 0.452 e. The fourth-order valence-corrected chi connectivity index (χ4v) is 4.52. The third-order valence-corrected chi connectivity index (χ3v) is 6.08. The van der Waals surface area contributed by atoms with E-state index in [9.17, 15) is 9.59 Å². The summed E-state index contributed by atoms with van der Waals surface area (Å²) >= 11 is 0. The lowest BCUT2D eigenvalue weighted by molar-refractivity contribution is -0.137. The second-order valence-corrected chi connectivity index (χ2v) is 7.84. The van der Waals surface area contributed by atoms with E-state index in [-0.39, 0.29) is 18.1 Å². The molecule has 1 aliphatic carbocycles. The van der Waals surface area contributed by atoms with Gasteiger partial charge in [-0.1, -0.05) is 54.8 Å². The number of fused-ring (bicyclic) bond motifs is 1. The molecule has 6 heteroatoms. The molecule has 2 atom stereocenters. The number of carbonyl (C=O) groups excluding carboxylic acids is 2. The summed E-state index contributed by atoms with van der Waals surface area (Å²) in [6.07, 6.45) is 6.13. The molecule has 1 saturated carbocycles. The first-order chi connectivity index (χ1) is 13.6. The number of esters is 1. The molecule has 28 heavy (non-hydrogen) atoms. The molecule has 2 fully saturated rings. The fraction of sp³-hybridized carbons (Fsp3) is 0.500. The molecule has 4 rings (SSSR count). The monoisotopic (exact) mass is 382 g/mol. The summed E-state index contributed by atoms with van der Waals surface area (Å²) in [5.41, 5.74) is 1.50. The number of ether oxygens (including phenoxy) is 1. The molecule has 2 aliphatic rings. The molecule has 148 valence electrons. The van der Waals surface area contributed by atoms with Gasteiger partial charge < -0.3 is 14.2 Å². The number of hydrogen-bond donors (Lipinski definition) is 0. The Balaban J connectivity index is 1.38. The molecule has 0 spiro atoms. The Morgan fingerprint density at radius 3 is 2.68 bits per heavy atom. The predicted molar refractivity (Wildman–Crippen MR) is 104 cm³/mol. The molecule has 0 N–H and O–H groups in total. The number of piperidine rings is 1. The minimum atomic E-state index is -0.571. The van der Waals surface area contributed by atoms with E-state index in [4.69, 9.17) is 9.26 Å². The van der Waals surface area contributed by atoms with Crippen molar-refractivity contribution in [3.05, 3.63) is 41.7 Å². The van der Waals surface area contributed by atoms with Gasteiger partial charge in [0.15, 0.2) is 6.61 Å². The number of rotatable bonds is 4. The quantitative estimate of drug-likeness (QED) is 0.751. The summed E-state index contributed by atoms with van der Waals surface area (Å²) in [6, 6.07) is 9.34.